The average molecular weight is 308 g/mol. The van der Waals surface area contributed by atoms with E-state index in [1.54, 1.807) is 13.8 Å². The largest absolute Gasteiger partial charge is 0.461 e. The quantitative estimate of drug-likeness (QED) is 0.276. The zero-order valence-electron chi connectivity index (χ0n) is 12.0. The van der Waals surface area contributed by atoms with Gasteiger partial charge in [-0.2, -0.15) is 8.42 Å². The fraction of sp³-hybridized carbons (Fsp3) is 0.769. The molecule has 0 aliphatic carbocycles. The van der Waals surface area contributed by atoms with Gasteiger partial charge in [0.25, 0.3) is 10.1 Å². The third-order valence-corrected chi connectivity index (χ3v) is 3.33. The van der Waals surface area contributed by atoms with E-state index < -0.39 is 21.8 Å². The summed E-state index contributed by atoms with van der Waals surface area (Å²) in [4.78, 5) is 11.3. The van der Waals surface area contributed by atoms with E-state index in [1.807, 2.05) is 0 Å². The summed E-state index contributed by atoms with van der Waals surface area (Å²) >= 11 is 0. The van der Waals surface area contributed by atoms with E-state index in [-0.39, 0.29) is 12.7 Å². The Morgan fingerprint density at radius 3 is 2.50 bits per heavy atom. The molecule has 118 valence electrons. The Balaban J connectivity index is 3.79. The first kappa shape index (κ1) is 19.1. The number of aliphatic hydroxyl groups is 1. The molecule has 0 heterocycles. The van der Waals surface area contributed by atoms with Gasteiger partial charge in [0.2, 0.25) is 0 Å². The first-order valence-corrected chi connectivity index (χ1v) is 8.29. The normalized spacial score (nSPS) is 14.1. The van der Waals surface area contributed by atoms with Crippen molar-refractivity contribution in [3.8, 4) is 0 Å². The summed E-state index contributed by atoms with van der Waals surface area (Å²) in [5.74, 6) is -1.19. The molecular weight excluding hydrogens is 284 g/mol. The molecule has 20 heavy (non-hydrogen) atoms. The number of unbranched alkanes of at least 4 members (excludes halogenated alkanes) is 2. The summed E-state index contributed by atoms with van der Waals surface area (Å²) < 4.78 is 34.0. The van der Waals surface area contributed by atoms with Crippen LogP contribution in [-0.2, 0) is 19.6 Å². The molecule has 0 unspecified atom stereocenters. The monoisotopic (exact) mass is 308 g/mol. The van der Waals surface area contributed by atoms with Crippen molar-refractivity contribution in [2.24, 2.45) is 0 Å². The van der Waals surface area contributed by atoms with Crippen molar-refractivity contribution >= 4 is 16.1 Å². The van der Waals surface area contributed by atoms with Crippen LogP contribution in [0.2, 0.25) is 0 Å². The molecular formula is C13H24O6S. The Kier molecular flexibility index (Phi) is 9.45. The van der Waals surface area contributed by atoms with Gasteiger partial charge in [-0.1, -0.05) is 18.4 Å². The van der Waals surface area contributed by atoms with Gasteiger partial charge >= 0.3 is 5.97 Å². The van der Waals surface area contributed by atoms with Gasteiger partial charge in [0.05, 0.1) is 6.10 Å². The van der Waals surface area contributed by atoms with Crippen LogP contribution in [-0.4, -0.2) is 42.5 Å². The molecule has 0 aromatic rings. The van der Waals surface area contributed by atoms with Crippen molar-refractivity contribution in [2.75, 3.05) is 12.4 Å². The van der Waals surface area contributed by atoms with Crippen molar-refractivity contribution in [2.45, 2.75) is 52.1 Å². The summed E-state index contributed by atoms with van der Waals surface area (Å²) in [5, 5.41) is 9.09. The van der Waals surface area contributed by atoms with E-state index in [2.05, 4.69) is 4.74 Å². The molecule has 7 heteroatoms. The molecule has 0 aliphatic rings. The summed E-state index contributed by atoms with van der Waals surface area (Å²) in [5.41, 5.74) is 0.860. The van der Waals surface area contributed by atoms with Gasteiger partial charge in [-0.05, 0) is 33.1 Å². The van der Waals surface area contributed by atoms with Crippen molar-refractivity contribution in [3.63, 3.8) is 0 Å². The second-order valence-electron chi connectivity index (χ2n) is 4.89. The Labute approximate surface area is 120 Å². The highest BCUT2D eigenvalue weighted by Crippen LogP contribution is 2.10. The fourth-order valence-corrected chi connectivity index (χ4v) is 1.88. The van der Waals surface area contributed by atoms with Crippen LogP contribution in [0, 0.1) is 0 Å². The fourth-order valence-electron chi connectivity index (χ4n) is 1.58. The predicted molar refractivity (Wildman–Crippen MR) is 75.9 cm³/mol. The van der Waals surface area contributed by atoms with Gasteiger partial charge in [-0.25, -0.2) is 4.79 Å². The number of hydrogen-bond donors (Lipinski definition) is 2. The second kappa shape index (κ2) is 9.90. The van der Waals surface area contributed by atoms with E-state index in [0.29, 0.717) is 0 Å². The maximum atomic E-state index is 11.3. The van der Waals surface area contributed by atoms with E-state index in [0.717, 1.165) is 37.7 Å². The number of carbonyl (C=O) groups excluding carboxylic acids is 1. The molecule has 0 spiro atoms. The van der Waals surface area contributed by atoms with Crippen molar-refractivity contribution in [1.82, 2.24) is 0 Å². The van der Waals surface area contributed by atoms with Crippen molar-refractivity contribution in [1.29, 1.82) is 0 Å². The van der Waals surface area contributed by atoms with Gasteiger partial charge in [0.1, 0.15) is 12.4 Å². The Morgan fingerprint density at radius 1 is 1.30 bits per heavy atom. The molecule has 0 rings (SSSR count). The minimum atomic E-state index is -4.09. The Bertz CT molecular complexity index is 411. The van der Waals surface area contributed by atoms with Gasteiger partial charge in [0.15, 0.2) is 0 Å². The van der Waals surface area contributed by atoms with Gasteiger partial charge in [0, 0.05) is 6.08 Å². The number of esters is 1. The molecule has 0 radical (unpaired) electrons. The van der Waals surface area contributed by atoms with E-state index in [1.165, 1.54) is 6.08 Å². The maximum absolute atomic E-state index is 11.3. The number of carbonyl (C=O) groups is 1. The summed E-state index contributed by atoms with van der Waals surface area (Å²) in [6, 6.07) is 0. The molecule has 0 bridgehead atoms. The molecule has 0 aromatic heterocycles. The van der Waals surface area contributed by atoms with Crippen LogP contribution in [0.4, 0.5) is 0 Å². The predicted octanol–water partition coefficient (Wildman–Crippen LogP) is 1.70. The van der Waals surface area contributed by atoms with Crippen LogP contribution >= 0.6 is 0 Å². The first-order valence-electron chi connectivity index (χ1n) is 6.68. The molecule has 0 aromatic carbocycles. The highest BCUT2D eigenvalue weighted by Gasteiger charge is 2.06. The standard InChI is InChI=1S/C13H24O6S/c1-11(6-4-3-5-7-12(2)14)10-13(15)19-8-9-20(16,17)18/h10,12,14H,3-9H2,1-2H3,(H,16,17,18)/b11-10-/t12-/m1/s1. The van der Waals surface area contributed by atoms with Gasteiger partial charge < -0.3 is 9.84 Å². The smallest absolute Gasteiger partial charge is 0.330 e. The Morgan fingerprint density at radius 2 is 1.95 bits per heavy atom. The molecule has 0 fully saturated rings. The molecule has 0 amide bonds. The SMILES string of the molecule is C/C(=C/C(=O)OCCS(=O)(=O)O)CCCCC[C@@H](C)O. The Hall–Kier alpha value is -0.920. The minimum Gasteiger partial charge on any atom is -0.461 e. The average Bonchev–Trinajstić information content (AvgIpc) is 2.26. The first-order chi connectivity index (χ1) is 9.20. The highest BCUT2D eigenvalue weighted by molar-refractivity contribution is 7.85. The lowest BCUT2D eigenvalue weighted by Crippen LogP contribution is -2.13. The third-order valence-electron chi connectivity index (χ3n) is 2.64. The topological polar surface area (TPSA) is 101 Å². The molecule has 2 N–H and O–H groups in total. The number of aliphatic hydroxyl groups excluding tert-OH is 1. The van der Waals surface area contributed by atoms with E-state index in [4.69, 9.17) is 9.66 Å². The number of rotatable bonds is 10. The molecule has 0 aliphatic heterocycles. The lowest BCUT2D eigenvalue weighted by atomic mass is 10.1. The summed E-state index contributed by atoms with van der Waals surface area (Å²) in [6.07, 6.45) is 5.45. The number of ether oxygens (including phenoxy) is 1. The maximum Gasteiger partial charge on any atom is 0.330 e. The van der Waals surface area contributed by atoms with Crippen LogP contribution in [0.25, 0.3) is 0 Å². The van der Waals surface area contributed by atoms with Crippen LogP contribution < -0.4 is 0 Å². The van der Waals surface area contributed by atoms with Gasteiger partial charge in [-0.15, -0.1) is 0 Å². The zero-order valence-corrected chi connectivity index (χ0v) is 12.9. The van der Waals surface area contributed by atoms with Gasteiger partial charge in [-0.3, -0.25) is 4.55 Å². The van der Waals surface area contributed by atoms with Crippen molar-refractivity contribution < 1.29 is 27.6 Å². The zero-order chi connectivity index (χ0) is 15.6. The molecule has 6 nitrogen and oxygen atoms in total. The highest BCUT2D eigenvalue weighted by atomic mass is 32.2. The van der Waals surface area contributed by atoms with Crippen LogP contribution in [0.3, 0.4) is 0 Å². The van der Waals surface area contributed by atoms with Crippen molar-refractivity contribution in [3.05, 3.63) is 11.6 Å². The van der Waals surface area contributed by atoms with Crippen LogP contribution in [0.5, 0.6) is 0 Å². The summed E-state index contributed by atoms with van der Waals surface area (Å²) in [6.45, 7) is 3.21. The summed E-state index contributed by atoms with van der Waals surface area (Å²) in [7, 11) is -4.09. The lowest BCUT2D eigenvalue weighted by molar-refractivity contribution is -0.137. The van der Waals surface area contributed by atoms with E-state index >= 15 is 0 Å². The molecule has 1 atom stereocenters. The van der Waals surface area contributed by atoms with E-state index in [9.17, 15) is 13.2 Å². The molecule has 0 saturated carbocycles. The number of allylic oxidation sites excluding steroid dienone is 1. The minimum absolute atomic E-state index is 0.274. The lowest BCUT2D eigenvalue weighted by Gasteiger charge is -2.04. The molecule has 0 saturated heterocycles. The second-order valence-corrected chi connectivity index (χ2v) is 6.46. The number of hydrogen-bond acceptors (Lipinski definition) is 5. The van der Waals surface area contributed by atoms with Crippen LogP contribution in [0.1, 0.15) is 46.0 Å². The third kappa shape index (κ3) is 13.5. The van der Waals surface area contributed by atoms with Crippen LogP contribution in [0.15, 0.2) is 11.6 Å².